The molecular weight excluding hydrogens is 291 g/mol. The van der Waals surface area contributed by atoms with Gasteiger partial charge < -0.3 is 4.74 Å². The van der Waals surface area contributed by atoms with Crippen molar-refractivity contribution in [1.82, 2.24) is 0 Å². The lowest BCUT2D eigenvalue weighted by molar-refractivity contribution is -0.374. The summed E-state index contributed by atoms with van der Waals surface area (Å²) in [4.78, 5) is 0. The molecule has 0 atom stereocenters. The van der Waals surface area contributed by atoms with Crippen molar-refractivity contribution in [2.45, 2.75) is 17.3 Å². The molecule has 0 radical (unpaired) electrons. The van der Waals surface area contributed by atoms with Crippen LogP contribution in [0.15, 0.2) is 12.1 Å². The number of hydrogen-bond donors (Lipinski definition) is 0. The second-order valence-electron chi connectivity index (χ2n) is 2.45. The van der Waals surface area contributed by atoms with Crippen molar-refractivity contribution in [3.8, 4) is 0 Å². The van der Waals surface area contributed by atoms with E-state index in [1.165, 1.54) is 0 Å². The molecule has 0 saturated heterocycles. The van der Waals surface area contributed by atoms with E-state index in [0.29, 0.717) is 6.26 Å². The van der Waals surface area contributed by atoms with Crippen LogP contribution in [0, 0.1) is 0 Å². The van der Waals surface area contributed by atoms with Crippen molar-refractivity contribution in [2.75, 3.05) is 6.26 Å². The summed E-state index contributed by atoms with van der Waals surface area (Å²) in [5.74, 6) is -6.17. The first-order valence-electron chi connectivity index (χ1n) is 3.47. The summed E-state index contributed by atoms with van der Waals surface area (Å²) in [6, 6.07) is -3.36. The maximum absolute atomic E-state index is 12.5. The molecule has 0 heterocycles. The fourth-order valence-electron chi connectivity index (χ4n) is 0.513. The molecule has 0 aliphatic carbocycles. The Kier molecular flexibility index (Phi) is 4.65. The van der Waals surface area contributed by atoms with Gasteiger partial charge in [-0.15, -0.1) is 0 Å². The topological polar surface area (TPSA) is 9.23 Å². The Bertz CT molecular complexity index is 309. The average Bonchev–Trinajstić information content (AvgIpc) is 2.16. The molecule has 0 spiro atoms. The molecule has 0 rings (SSSR count). The van der Waals surface area contributed by atoms with Crippen LogP contribution < -0.4 is 0 Å². The second kappa shape index (κ2) is 4.86. The molecule has 0 aliphatic heterocycles. The zero-order chi connectivity index (χ0) is 14.1. The number of halogens is 9. The number of alkyl halides is 6. The van der Waals surface area contributed by atoms with Crippen LogP contribution in [-0.2, 0) is 4.74 Å². The summed E-state index contributed by atoms with van der Waals surface area (Å²) < 4.78 is 111. The lowest BCUT2D eigenvalue weighted by Gasteiger charge is -2.30. The fourth-order valence-corrected chi connectivity index (χ4v) is 0.888. The van der Waals surface area contributed by atoms with Gasteiger partial charge in [0.25, 0.3) is 0 Å². The van der Waals surface area contributed by atoms with E-state index < -0.39 is 41.1 Å². The van der Waals surface area contributed by atoms with Crippen LogP contribution >= 0.6 is 11.8 Å². The number of thioether (sulfide) groups is 1. The van der Waals surface area contributed by atoms with E-state index >= 15 is 0 Å². The normalized spacial score (nSPS) is 13.5. The zero-order valence-electron chi connectivity index (χ0n) is 7.72. The predicted octanol–water partition coefficient (Wildman–Crippen LogP) is 4.22. The van der Waals surface area contributed by atoms with Crippen LogP contribution in [0.25, 0.3) is 0 Å². The highest BCUT2D eigenvalue weighted by molar-refractivity contribution is 7.99. The van der Waals surface area contributed by atoms with E-state index in [2.05, 4.69) is 4.74 Å². The van der Waals surface area contributed by atoms with E-state index in [1.54, 1.807) is 0 Å². The van der Waals surface area contributed by atoms with Crippen LogP contribution in [0.1, 0.15) is 0 Å². The molecule has 102 valence electrons. The minimum atomic E-state index is -6.17. The third kappa shape index (κ3) is 3.13. The van der Waals surface area contributed by atoms with E-state index in [-0.39, 0.29) is 0 Å². The molecule has 0 aromatic carbocycles. The summed E-state index contributed by atoms with van der Waals surface area (Å²) in [5.41, 5.74) is 0. The minimum absolute atomic E-state index is 0.367. The molecule has 0 saturated carbocycles. The van der Waals surface area contributed by atoms with Crippen LogP contribution in [-0.4, -0.2) is 23.5 Å². The van der Waals surface area contributed by atoms with Crippen LogP contribution in [0.3, 0.4) is 0 Å². The number of ether oxygens (including phenoxy) is 1. The number of hydrogen-bond acceptors (Lipinski definition) is 2. The van der Waals surface area contributed by atoms with Gasteiger partial charge in [0, 0.05) is 0 Å². The molecule has 0 N–H and O–H groups in total. The molecule has 0 aromatic rings. The maximum atomic E-state index is 12.5. The molecule has 0 aliphatic rings. The van der Waals surface area contributed by atoms with Crippen molar-refractivity contribution in [3.05, 3.63) is 12.1 Å². The molecule has 17 heavy (non-hydrogen) atoms. The third-order valence-electron chi connectivity index (χ3n) is 1.35. The Morgan fingerprint density at radius 3 is 1.65 bits per heavy atom. The van der Waals surface area contributed by atoms with Gasteiger partial charge in [-0.25, -0.2) is 0 Å². The lowest BCUT2D eigenvalue weighted by atomic mass is 10.3. The molecule has 0 bridgehead atoms. The Labute approximate surface area is 92.6 Å². The lowest BCUT2D eigenvalue weighted by Crippen LogP contribution is -2.53. The van der Waals surface area contributed by atoms with Gasteiger partial charge in [-0.1, -0.05) is 11.8 Å². The Hall–Kier alpha value is -0.740. The van der Waals surface area contributed by atoms with Gasteiger partial charge in [0.05, 0.1) is 0 Å². The molecular formula is C6H3F9OS. The van der Waals surface area contributed by atoms with Crippen LogP contribution in [0.4, 0.5) is 39.5 Å². The minimum Gasteiger partial charge on any atom is -0.397 e. The van der Waals surface area contributed by atoms with Gasteiger partial charge in [0.2, 0.25) is 0 Å². The average molecular weight is 294 g/mol. The largest absolute Gasteiger partial charge is 0.473 e. The van der Waals surface area contributed by atoms with E-state index in [0.717, 1.165) is 0 Å². The van der Waals surface area contributed by atoms with E-state index in [1.807, 2.05) is 0 Å². The van der Waals surface area contributed by atoms with Crippen molar-refractivity contribution >= 4 is 11.8 Å². The first-order chi connectivity index (χ1) is 7.39. The van der Waals surface area contributed by atoms with Crippen molar-refractivity contribution in [1.29, 1.82) is 0 Å². The molecule has 1 nitrogen and oxygen atoms in total. The first-order valence-corrected chi connectivity index (χ1v) is 4.70. The molecule has 0 amide bonds. The van der Waals surface area contributed by atoms with Crippen molar-refractivity contribution < 1.29 is 44.3 Å². The van der Waals surface area contributed by atoms with Gasteiger partial charge >= 0.3 is 29.4 Å². The summed E-state index contributed by atoms with van der Waals surface area (Å²) in [6.45, 7) is 0. The Balaban J connectivity index is 5.25. The van der Waals surface area contributed by atoms with Crippen molar-refractivity contribution in [2.24, 2.45) is 0 Å². The Morgan fingerprint density at radius 2 is 1.35 bits per heavy atom. The molecule has 0 fully saturated rings. The molecule has 0 unspecified atom stereocenters. The highest BCUT2D eigenvalue weighted by Crippen LogP contribution is 2.51. The third-order valence-corrected chi connectivity index (χ3v) is 2.12. The second-order valence-corrected chi connectivity index (χ2v) is 3.37. The summed E-state index contributed by atoms with van der Waals surface area (Å²) in [5, 5.41) is -5.33. The quantitative estimate of drug-likeness (QED) is 0.554. The van der Waals surface area contributed by atoms with Gasteiger partial charge in [0.1, 0.15) is 0 Å². The highest BCUT2D eigenvalue weighted by atomic mass is 32.2. The maximum Gasteiger partial charge on any atom is 0.473 e. The Morgan fingerprint density at radius 1 is 0.941 bits per heavy atom. The fraction of sp³-hybridized carbons (Fsp3) is 0.667. The van der Waals surface area contributed by atoms with Crippen LogP contribution in [0.5, 0.6) is 0 Å². The summed E-state index contributed by atoms with van der Waals surface area (Å²) >= 11 is -0.973. The smallest absolute Gasteiger partial charge is 0.397 e. The van der Waals surface area contributed by atoms with Gasteiger partial charge in [-0.3, -0.25) is 0 Å². The molecule has 0 aromatic heterocycles. The highest BCUT2D eigenvalue weighted by Gasteiger charge is 2.74. The predicted molar refractivity (Wildman–Crippen MR) is 39.8 cm³/mol. The first kappa shape index (κ1) is 16.3. The van der Waals surface area contributed by atoms with Gasteiger partial charge in [-0.05, 0) is 6.26 Å². The standard InChI is InChI=1S/C6H3F9OS/c1-17-6(14,15)4(10,11)5(12,13)16-3(9)2(7)8/h1H3. The molecule has 11 heteroatoms. The summed E-state index contributed by atoms with van der Waals surface area (Å²) in [6.07, 6.45) is -9.24. The SMILES string of the molecule is CSC(F)(F)C(F)(F)C(F)(F)OC(F)=C(F)F. The van der Waals surface area contributed by atoms with Crippen molar-refractivity contribution in [3.63, 3.8) is 0 Å². The van der Waals surface area contributed by atoms with Crippen LogP contribution in [0.2, 0.25) is 0 Å². The van der Waals surface area contributed by atoms with E-state index in [4.69, 9.17) is 0 Å². The monoisotopic (exact) mass is 294 g/mol. The van der Waals surface area contributed by atoms with Gasteiger partial charge in [0.15, 0.2) is 0 Å². The van der Waals surface area contributed by atoms with Gasteiger partial charge in [-0.2, -0.15) is 39.5 Å². The zero-order valence-corrected chi connectivity index (χ0v) is 8.53. The van der Waals surface area contributed by atoms with E-state index in [9.17, 15) is 39.5 Å². The number of rotatable bonds is 5. The summed E-state index contributed by atoms with van der Waals surface area (Å²) in [7, 11) is 0.